The van der Waals surface area contributed by atoms with E-state index in [4.69, 9.17) is 4.84 Å². The number of fused-ring (bicyclic) bond motifs is 1. The smallest absolute Gasteiger partial charge is 0.310 e. The summed E-state index contributed by atoms with van der Waals surface area (Å²) in [5, 5.41) is 19.2. The minimum atomic E-state index is -0.906. The lowest BCUT2D eigenvalue weighted by atomic mass is 9.98. The van der Waals surface area contributed by atoms with E-state index in [9.17, 15) is 29.1 Å². The molecule has 0 radical (unpaired) electrons. The molecule has 0 aliphatic carbocycles. The molecule has 2 aromatic rings. The minimum Gasteiger partial charge on any atom is -0.481 e. The van der Waals surface area contributed by atoms with Crippen molar-refractivity contribution < 1.29 is 33.9 Å². The zero-order valence-electron chi connectivity index (χ0n) is 20.8. The van der Waals surface area contributed by atoms with Crippen molar-refractivity contribution >= 4 is 53.0 Å². The molecule has 37 heavy (non-hydrogen) atoms. The highest BCUT2D eigenvalue weighted by atomic mass is 32.1. The monoisotopic (exact) mass is 532 g/mol. The van der Waals surface area contributed by atoms with Crippen LogP contribution in [-0.4, -0.2) is 71.7 Å². The molecule has 0 bridgehead atoms. The van der Waals surface area contributed by atoms with E-state index in [0.717, 1.165) is 17.2 Å². The van der Waals surface area contributed by atoms with Crippen LogP contribution in [0.15, 0.2) is 36.4 Å². The number of amides is 4. The van der Waals surface area contributed by atoms with Crippen LogP contribution in [0.1, 0.15) is 38.2 Å². The van der Waals surface area contributed by atoms with E-state index in [2.05, 4.69) is 28.6 Å². The van der Waals surface area contributed by atoms with Crippen LogP contribution in [-0.2, 0) is 24.0 Å². The Hall–Kier alpha value is -3.80. The van der Waals surface area contributed by atoms with E-state index in [-0.39, 0.29) is 25.4 Å². The van der Waals surface area contributed by atoms with Gasteiger partial charge in [0.15, 0.2) is 5.75 Å². The Morgan fingerprint density at radius 3 is 2.14 bits per heavy atom. The molecule has 11 nitrogen and oxygen atoms in total. The summed E-state index contributed by atoms with van der Waals surface area (Å²) in [7, 11) is 0. The summed E-state index contributed by atoms with van der Waals surface area (Å²) < 4.78 is 0. The maximum atomic E-state index is 12.7. The number of thiol groups is 1. The highest BCUT2D eigenvalue weighted by Gasteiger charge is 2.18. The van der Waals surface area contributed by atoms with Crippen molar-refractivity contribution in [1.29, 1.82) is 0 Å². The lowest BCUT2D eigenvalue weighted by molar-refractivity contribution is -0.157. The van der Waals surface area contributed by atoms with Gasteiger partial charge in [0.25, 0.3) is 5.91 Å². The van der Waals surface area contributed by atoms with Gasteiger partial charge >= 0.3 is 5.97 Å². The molecular weight excluding hydrogens is 500 g/mol. The summed E-state index contributed by atoms with van der Waals surface area (Å²) in [6.45, 7) is 2.92. The maximum Gasteiger partial charge on any atom is 0.310 e. The number of carboxylic acid groups (broad SMARTS) is 1. The lowest BCUT2D eigenvalue weighted by Gasteiger charge is -2.23. The number of nitrogens with zero attached hydrogens (tertiary/aromatic N) is 1. The van der Waals surface area contributed by atoms with Crippen molar-refractivity contribution in [2.45, 2.75) is 32.6 Å². The molecule has 0 unspecified atom stereocenters. The van der Waals surface area contributed by atoms with Crippen LogP contribution in [0.25, 0.3) is 10.8 Å². The molecule has 0 aliphatic heterocycles. The second kappa shape index (κ2) is 14.7. The van der Waals surface area contributed by atoms with Crippen LogP contribution in [0.3, 0.4) is 0 Å². The number of hydrogen-bond acceptors (Lipinski definition) is 7. The number of nitrogens with one attached hydrogen (secondary N) is 3. The highest BCUT2D eigenvalue weighted by Crippen LogP contribution is 2.26. The summed E-state index contributed by atoms with van der Waals surface area (Å²) in [6.07, 6.45) is 1.50. The SMILES string of the molecule is CCCCN(Oc1ccc2cc([C@H](C)C(=O)O)ccc2c1)C(=O)CNC(=O)CNC(=O)CNC(=O)CS. The third-order valence-electron chi connectivity index (χ3n) is 5.39. The zero-order valence-corrected chi connectivity index (χ0v) is 21.7. The number of carbonyl (C=O) groups excluding carboxylic acids is 4. The lowest BCUT2D eigenvalue weighted by Crippen LogP contribution is -2.46. The van der Waals surface area contributed by atoms with E-state index < -0.39 is 35.5 Å². The van der Waals surface area contributed by atoms with Gasteiger partial charge in [0.05, 0.1) is 37.8 Å². The molecule has 4 N–H and O–H groups in total. The summed E-state index contributed by atoms with van der Waals surface area (Å²) in [5.74, 6) is -3.19. The van der Waals surface area contributed by atoms with E-state index >= 15 is 0 Å². The fourth-order valence-corrected chi connectivity index (χ4v) is 3.27. The number of benzene rings is 2. The largest absolute Gasteiger partial charge is 0.481 e. The van der Waals surface area contributed by atoms with Gasteiger partial charge in [-0.05, 0) is 41.8 Å². The molecule has 12 heteroatoms. The second-order valence-corrected chi connectivity index (χ2v) is 8.57. The first kappa shape index (κ1) is 29.4. The van der Waals surface area contributed by atoms with Crippen LogP contribution < -0.4 is 20.8 Å². The van der Waals surface area contributed by atoms with E-state index in [1.807, 2.05) is 6.92 Å². The number of hydroxylamine groups is 2. The number of aliphatic carboxylic acids is 1. The topological polar surface area (TPSA) is 154 Å². The quantitative estimate of drug-likeness (QED) is 0.181. The highest BCUT2D eigenvalue weighted by molar-refractivity contribution is 7.81. The first-order chi connectivity index (χ1) is 17.6. The first-order valence-electron chi connectivity index (χ1n) is 11.8. The van der Waals surface area contributed by atoms with Crippen LogP contribution in [0.2, 0.25) is 0 Å². The summed E-state index contributed by atoms with van der Waals surface area (Å²) in [5.41, 5.74) is 0.683. The summed E-state index contributed by atoms with van der Waals surface area (Å²) >= 11 is 3.78. The number of carbonyl (C=O) groups is 5. The van der Waals surface area contributed by atoms with Crippen LogP contribution in [0, 0.1) is 0 Å². The summed E-state index contributed by atoms with van der Waals surface area (Å²) in [6, 6.07) is 10.6. The van der Waals surface area contributed by atoms with Gasteiger partial charge in [-0.1, -0.05) is 37.6 Å². The van der Waals surface area contributed by atoms with Gasteiger partial charge in [0.2, 0.25) is 17.7 Å². The summed E-state index contributed by atoms with van der Waals surface area (Å²) in [4.78, 5) is 64.6. The Morgan fingerprint density at radius 1 is 0.919 bits per heavy atom. The standard InChI is InChI=1S/C25H32N4O7S/c1-3-4-9-29(24(33)14-28-22(31)12-26-21(30)13-27-23(32)15-37)36-20-8-7-18-10-17(16(2)25(34)35)5-6-19(18)11-20/h5-8,10-11,16,37H,3-4,9,12-15H2,1-2H3,(H,26,30)(H,27,32)(H,28,31)(H,34,35)/t16-/m0/s1. The van der Waals surface area contributed by atoms with E-state index in [0.29, 0.717) is 24.3 Å². The van der Waals surface area contributed by atoms with Crippen molar-refractivity contribution in [3.63, 3.8) is 0 Å². The Kier molecular flexibility index (Phi) is 11.7. The maximum absolute atomic E-state index is 12.7. The second-order valence-electron chi connectivity index (χ2n) is 8.26. The number of hydrogen-bond donors (Lipinski definition) is 5. The van der Waals surface area contributed by atoms with Gasteiger partial charge in [0.1, 0.15) is 0 Å². The number of unbranched alkanes of at least 4 members (excludes halogenated alkanes) is 1. The molecule has 0 spiro atoms. The predicted octanol–water partition coefficient (Wildman–Crippen LogP) is 1.23. The van der Waals surface area contributed by atoms with Gasteiger partial charge in [-0.15, -0.1) is 0 Å². The normalized spacial score (nSPS) is 11.3. The molecule has 200 valence electrons. The fraction of sp³-hybridized carbons (Fsp3) is 0.400. The molecule has 0 aliphatic rings. The average Bonchev–Trinajstić information content (AvgIpc) is 2.90. The van der Waals surface area contributed by atoms with Crippen LogP contribution >= 0.6 is 12.6 Å². The molecule has 0 fully saturated rings. The molecule has 0 saturated carbocycles. The zero-order chi connectivity index (χ0) is 27.4. The molecule has 1 atom stereocenters. The van der Waals surface area contributed by atoms with Gasteiger partial charge in [-0.3, -0.25) is 24.0 Å². The number of carboxylic acids is 1. The van der Waals surface area contributed by atoms with Crippen molar-refractivity contribution in [1.82, 2.24) is 21.0 Å². The Balaban J connectivity index is 1.95. The Labute approximate surface area is 220 Å². The predicted molar refractivity (Wildman–Crippen MR) is 140 cm³/mol. The van der Waals surface area contributed by atoms with Crippen molar-refractivity contribution in [2.24, 2.45) is 0 Å². The minimum absolute atomic E-state index is 0.0569. The van der Waals surface area contributed by atoms with E-state index in [1.54, 1.807) is 43.3 Å². The van der Waals surface area contributed by atoms with Crippen LogP contribution in [0.4, 0.5) is 0 Å². The molecular formula is C25H32N4O7S. The van der Waals surface area contributed by atoms with Crippen molar-refractivity contribution in [3.05, 3.63) is 42.0 Å². The van der Waals surface area contributed by atoms with E-state index in [1.165, 1.54) is 5.06 Å². The van der Waals surface area contributed by atoms with Crippen LogP contribution in [0.5, 0.6) is 5.75 Å². The van der Waals surface area contributed by atoms with Gasteiger partial charge in [0, 0.05) is 0 Å². The average molecular weight is 533 g/mol. The molecule has 2 aromatic carbocycles. The molecule has 0 heterocycles. The number of rotatable bonds is 14. The fourth-order valence-electron chi connectivity index (χ4n) is 3.16. The Morgan fingerprint density at radius 2 is 1.51 bits per heavy atom. The third-order valence-corrected chi connectivity index (χ3v) is 5.67. The third kappa shape index (κ3) is 9.64. The molecule has 0 saturated heterocycles. The van der Waals surface area contributed by atoms with Gasteiger partial charge in [-0.25, -0.2) is 0 Å². The van der Waals surface area contributed by atoms with Gasteiger partial charge < -0.3 is 25.9 Å². The molecule has 2 rings (SSSR count). The van der Waals surface area contributed by atoms with Gasteiger partial charge in [-0.2, -0.15) is 17.7 Å². The first-order valence-corrected chi connectivity index (χ1v) is 12.4. The van der Waals surface area contributed by atoms with Crippen molar-refractivity contribution in [2.75, 3.05) is 31.9 Å². The van der Waals surface area contributed by atoms with Crippen molar-refractivity contribution in [3.8, 4) is 5.75 Å². The molecule has 4 amide bonds. The Bertz CT molecular complexity index is 1140. The molecule has 0 aromatic heterocycles.